The molecule has 2 aromatic rings. The van der Waals surface area contributed by atoms with Crippen LogP contribution in [0.3, 0.4) is 0 Å². The zero-order chi connectivity index (χ0) is 29.8. The maximum absolute atomic E-state index is 12.4. The molecule has 12 heteroatoms. The summed E-state index contributed by atoms with van der Waals surface area (Å²) in [6.45, 7) is 3.30. The summed E-state index contributed by atoms with van der Waals surface area (Å²) in [5.41, 5.74) is 3.09. The molecular formula is C29H32N4O8. The van der Waals surface area contributed by atoms with E-state index in [0.717, 1.165) is 0 Å². The van der Waals surface area contributed by atoms with Crippen LogP contribution in [-0.2, 0) is 19.1 Å². The van der Waals surface area contributed by atoms with Gasteiger partial charge in [0.25, 0.3) is 0 Å². The summed E-state index contributed by atoms with van der Waals surface area (Å²) in [6.07, 6.45) is 0. The van der Waals surface area contributed by atoms with E-state index in [1.54, 1.807) is 76.5 Å². The second kappa shape index (κ2) is 12.0. The Hall–Kier alpha value is -5.00. The van der Waals surface area contributed by atoms with Crippen molar-refractivity contribution in [2.24, 2.45) is 0 Å². The number of benzene rings is 2. The molecule has 0 fully saturated rings. The van der Waals surface area contributed by atoms with E-state index < -0.39 is 24.0 Å². The van der Waals surface area contributed by atoms with Crippen molar-refractivity contribution >= 4 is 24.0 Å². The highest BCUT2D eigenvalue weighted by molar-refractivity contribution is 5.95. The van der Waals surface area contributed by atoms with Crippen LogP contribution >= 0.6 is 0 Å². The van der Waals surface area contributed by atoms with Crippen LogP contribution in [0.4, 0.5) is 9.59 Å². The Kier molecular flexibility index (Phi) is 8.51. The van der Waals surface area contributed by atoms with Crippen molar-refractivity contribution < 1.29 is 38.1 Å². The van der Waals surface area contributed by atoms with Gasteiger partial charge >= 0.3 is 24.0 Å². The van der Waals surface area contributed by atoms with E-state index >= 15 is 0 Å². The van der Waals surface area contributed by atoms with Crippen LogP contribution in [0.2, 0.25) is 0 Å². The third kappa shape index (κ3) is 5.81. The minimum absolute atomic E-state index is 0.0898. The number of allylic oxidation sites excluding steroid dienone is 2. The van der Waals surface area contributed by atoms with Crippen molar-refractivity contribution in [2.75, 3.05) is 35.1 Å². The largest absolute Gasteiger partial charge is 0.466 e. The first-order valence-electron chi connectivity index (χ1n) is 12.7. The molecule has 2 heterocycles. The van der Waals surface area contributed by atoms with Gasteiger partial charge < -0.3 is 39.4 Å². The molecule has 12 nitrogen and oxygen atoms in total. The molecule has 4 rings (SSSR count). The summed E-state index contributed by atoms with van der Waals surface area (Å²) in [6, 6.07) is 11.9. The van der Waals surface area contributed by atoms with Crippen LogP contribution in [-0.4, -0.2) is 68.9 Å². The highest BCUT2D eigenvalue weighted by Crippen LogP contribution is 2.33. The average molecular weight is 565 g/mol. The summed E-state index contributed by atoms with van der Waals surface area (Å²) >= 11 is 0. The van der Waals surface area contributed by atoms with Gasteiger partial charge in [0.05, 0.1) is 37.4 Å². The highest BCUT2D eigenvalue weighted by atomic mass is 16.7. The molecule has 0 aliphatic carbocycles. The zero-order valence-electron chi connectivity index (χ0n) is 23.6. The van der Waals surface area contributed by atoms with E-state index in [9.17, 15) is 19.2 Å². The number of carbonyl (C=O) groups is 4. The van der Waals surface area contributed by atoms with Gasteiger partial charge in [-0.3, -0.25) is 0 Å². The smallest absolute Gasteiger partial charge is 0.337 e. The molecule has 2 atom stereocenters. The molecule has 0 aromatic heterocycles. The standard InChI is InChI=1S/C29H32N4O8/c1-16-22(26(34)38-5)24(30-28(36)32(16)3)18-7-11-20(12-8-18)40-15-41-21-13-9-19(10-14-21)25-23(27(35)39-6)17(2)33(4)29(37)31-25/h7-14,24-25H,15H2,1-6H3,(H,30,36)(H,31,37). The van der Waals surface area contributed by atoms with Gasteiger partial charge in [0.1, 0.15) is 11.5 Å². The molecule has 0 saturated carbocycles. The fraction of sp³-hybridized carbons (Fsp3) is 0.310. The van der Waals surface area contributed by atoms with Crippen molar-refractivity contribution in [3.8, 4) is 11.5 Å². The summed E-state index contributed by atoms with van der Waals surface area (Å²) in [7, 11) is 5.76. The number of nitrogens with zero attached hydrogens (tertiary/aromatic N) is 2. The fourth-order valence-corrected chi connectivity index (χ4v) is 4.60. The van der Waals surface area contributed by atoms with Gasteiger partial charge in [-0.2, -0.15) is 0 Å². The van der Waals surface area contributed by atoms with E-state index in [0.29, 0.717) is 45.2 Å². The Labute approximate surface area is 237 Å². The molecule has 0 radical (unpaired) electrons. The lowest BCUT2D eigenvalue weighted by molar-refractivity contribution is -0.137. The molecule has 2 unspecified atom stereocenters. The lowest BCUT2D eigenvalue weighted by Crippen LogP contribution is -2.46. The second-order valence-electron chi connectivity index (χ2n) is 9.41. The Morgan fingerprint density at radius 2 is 1.02 bits per heavy atom. The molecule has 0 saturated heterocycles. The number of hydrogen-bond acceptors (Lipinski definition) is 8. The second-order valence-corrected chi connectivity index (χ2v) is 9.41. The molecule has 41 heavy (non-hydrogen) atoms. The van der Waals surface area contributed by atoms with Gasteiger partial charge in [-0.1, -0.05) is 24.3 Å². The van der Waals surface area contributed by atoms with E-state index in [1.807, 2.05) is 0 Å². The minimum atomic E-state index is -0.664. The molecule has 2 aliphatic heterocycles. The predicted molar refractivity (Wildman–Crippen MR) is 147 cm³/mol. The summed E-state index contributed by atoms with van der Waals surface area (Å²) in [5.74, 6) is -0.0143. The summed E-state index contributed by atoms with van der Waals surface area (Å²) in [5, 5.41) is 5.64. The number of methoxy groups -OCH3 is 2. The van der Waals surface area contributed by atoms with Crippen molar-refractivity contribution in [2.45, 2.75) is 25.9 Å². The number of carbonyl (C=O) groups excluding carboxylic acids is 4. The Balaban J connectivity index is 1.40. The molecule has 0 bridgehead atoms. The van der Waals surface area contributed by atoms with Crippen LogP contribution in [0.5, 0.6) is 11.5 Å². The summed E-state index contributed by atoms with van der Waals surface area (Å²) < 4.78 is 21.3. The van der Waals surface area contributed by atoms with Gasteiger partial charge in [0, 0.05) is 25.5 Å². The van der Waals surface area contributed by atoms with Crippen LogP contribution in [0, 0.1) is 0 Å². The van der Waals surface area contributed by atoms with Gasteiger partial charge in [-0.25, -0.2) is 19.2 Å². The minimum Gasteiger partial charge on any atom is -0.466 e. The molecule has 4 amide bonds. The van der Waals surface area contributed by atoms with Crippen LogP contribution < -0.4 is 20.1 Å². The molecule has 0 spiro atoms. The lowest BCUT2D eigenvalue weighted by Gasteiger charge is -2.33. The number of rotatable bonds is 8. The molecule has 2 aromatic carbocycles. The SMILES string of the molecule is COC(=O)C1=C(C)N(C)C(=O)NC1c1ccc(OCOc2ccc(C3NC(=O)N(C)C(C)=C3C(=O)OC)cc2)cc1. The molecule has 216 valence electrons. The number of urea groups is 2. The summed E-state index contributed by atoms with van der Waals surface area (Å²) in [4.78, 5) is 52.3. The van der Waals surface area contributed by atoms with Crippen molar-refractivity contribution in [1.82, 2.24) is 20.4 Å². The van der Waals surface area contributed by atoms with Gasteiger partial charge in [0.2, 0.25) is 6.79 Å². The van der Waals surface area contributed by atoms with E-state index in [4.69, 9.17) is 18.9 Å². The third-order valence-corrected chi connectivity index (χ3v) is 7.20. The maximum atomic E-state index is 12.4. The number of ether oxygens (including phenoxy) is 4. The Bertz CT molecular complexity index is 1310. The first kappa shape index (κ1) is 29.0. The molecule has 2 aliphatic rings. The number of nitrogens with one attached hydrogen (secondary N) is 2. The fourth-order valence-electron chi connectivity index (χ4n) is 4.60. The maximum Gasteiger partial charge on any atom is 0.337 e. The predicted octanol–water partition coefficient (Wildman–Crippen LogP) is 3.39. The number of amides is 4. The van der Waals surface area contributed by atoms with Crippen LogP contribution in [0.1, 0.15) is 37.1 Å². The topological polar surface area (TPSA) is 136 Å². The lowest BCUT2D eigenvalue weighted by atomic mass is 9.95. The van der Waals surface area contributed by atoms with Crippen LogP contribution in [0.15, 0.2) is 71.1 Å². The first-order valence-corrected chi connectivity index (χ1v) is 12.7. The van der Waals surface area contributed by atoms with Crippen molar-refractivity contribution in [1.29, 1.82) is 0 Å². The highest BCUT2D eigenvalue weighted by Gasteiger charge is 2.36. The van der Waals surface area contributed by atoms with E-state index in [1.165, 1.54) is 24.0 Å². The third-order valence-electron chi connectivity index (χ3n) is 7.20. The van der Waals surface area contributed by atoms with Crippen molar-refractivity contribution in [3.05, 3.63) is 82.2 Å². The molecule has 2 N–H and O–H groups in total. The van der Waals surface area contributed by atoms with Gasteiger partial charge in [0.15, 0.2) is 0 Å². The monoisotopic (exact) mass is 564 g/mol. The average Bonchev–Trinajstić information content (AvgIpc) is 2.98. The van der Waals surface area contributed by atoms with E-state index in [-0.39, 0.29) is 18.9 Å². The van der Waals surface area contributed by atoms with Gasteiger partial charge in [-0.05, 0) is 49.2 Å². The normalized spacial score (nSPS) is 19.0. The number of esters is 2. The van der Waals surface area contributed by atoms with Gasteiger partial charge in [-0.15, -0.1) is 0 Å². The number of hydrogen-bond donors (Lipinski definition) is 2. The first-order chi connectivity index (χ1) is 19.6. The molecular weight excluding hydrogens is 532 g/mol. The van der Waals surface area contributed by atoms with Crippen molar-refractivity contribution in [3.63, 3.8) is 0 Å². The quantitative estimate of drug-likeness (QED) is 0.368. The Morgan fingerprint density at radius 1 is 0.683 bits per heavy atom. The van der Waals surface area contributed by atoms with Crippen LogP contribution in [0.25, 0.3) is 0 Å². The zero-order valence-corrected chi connectivity index (χ0v) is 23.6. The van der Waals surface area contributed by atoms with E-state index in [2.05, 4.69) is 10.6 Å². The Morgan fingerprint density at radius 3 is 1.34 bits per heavy atom.